The highest BCUT2D eigenvalue weighted by molar-refractivity contribution is 7.10. The lowest BCUT2D eigenvalue weighted by Gasteiger charge is -2.44. The fourth-order valence-electron chi connectivity index (χ4n) is 4.30. The summed E-state index contributed by atoms with van der Waals surface area (Å²) < 4.78 is 0. The molecule has 0 bridgehead atoms. The molecule has 26 heavy (non-hydrogen) atoms. The molecule has 2 atom stereocenters. The van der Waals surface area contributed by atoms with Crippen LogP contribution in [0.1, 0.15) is 58.3 Å². The zero-order chi connectivity index (χ0) is 19.5. The van der Waals surface area contributed by atoms with Crippen LogP contribution in [0.3, 0.4) is 0 Å². The van der Waals surface area contributed by atoms with Gasteiger partial charge < -0.3 is 10.4 Å². The molecule has 1 amide bonds. The molecule has 0 radical (unpaired) electrons. The van der Waals surface area contributed by atoms with E-state index in [1.807, 2.05) is 38.3 Å². The van der Waals surface area contributed by atoms with Crippen LogP contribution in [-0.4, -0.2) is 29.3 Å². The molecule has 1 saturated carbocycles. The van der Waals surface area contributed by atoms with Crippen molar-refractivity contribution >= 4 is 29.0 Å². The van der Waals surface area contributed by atoms with Gasteiger partial charge in [-0.1, -0.05) is 46.6 Å². The third-order valence-electron chi connectivity index (χ3n) is 5.48. The number of hydrogen-bond acceptors (Lipinski definition) is 4. The van der Waals surface area contributed by atoms with Crippen LogP contribution in [-0.2, 0) is 19.8 Å². The molecule has 1 aliphatic rings. The van der Waals surface area contributed by atoms with Gasteiger partial charge in [-0.2, -0.15) is 0 Å². The highest BCUT2D eigenvalue weighted by Crippen LogP contribution is 2.52. The van der Waals surface area contributed by atoms with Crippen LogP contribution in [0.4, 0.5) is 0 Å². The summed E-state index contributed by atoms with van der Waals surface area (Å²) >= 11 is 1.51. The highest BCUT2D eigenvalue weighted by Gasteiger charge is 2.56. The minimum Gasteiger partial charge on any atom is -0.480 e. The van der Waals surface area contributed by atoms with Gasteiger partial charge in [-0.3, -0.25) is 14.4 Å². The second kappa shape index (κ2) is 7.91. The maximum atomic E-state index is 13.8. The van der Waals surface area contributed by atoms with E-state index in [2.05, 4.69) is 5.32 Å². The third kappa shape index (κ3) is 3.85. The van der Waals surface area contributed by atoms with E-state index in [4.69, 9.17) is 5.11 Å². The fraction of sp³-hybridized carbons (Fsp3) is 0.650. The van der Waals surface area contributed by atoms with E-state index >= 15 is 0 Å². The Balaban J connectivity index is 2.56. The van der Waals surface area contributed by atoms with Crippen LogP contribution in [0.5, 0.6) is 0 Å². The van der Waals surface area contributed by atoms with E-state index in [9.17, 15) is 14.4 Å². The number of ketones is 1. The molecule has 1 aromatic heterocycles. The first-order chi connectivity index (χ1) is 12.1. The van der Waals surface area contributed by atoms with Gasteiger partial charge in [-0.15, -0.1) is 11.3 Å². The summed E-state index contributed by atoms with van der Waals surface area (Å²) in [7, 11) is 0. The molecule has 6 heteroatoms. The molecule has 0 spiro atoms. The number of thiophene rings is 1. The highest BCUT2D eigenvalue weighted by atomic mass is 32.1. The van der Waals surface area contributed by atoms with E-state index in [1.165, 1.54) is 11.3 Å². The summed E-state index contributed by atoms with van der Waals surface area (Å²) in [5, 5.41) is 13.3. The molecule has 2 N–H and O–H groups in total. The zero-order valence-electron chi connectivity index (χ0n) is 16.0. The van der Waals surface area contributed by atoms with Crippen molar-refractivity contribution in [3.8, 4) is 0 Å². The van der Waals surface area contributed by atoms with Crippen LogP contribution < -0.4 is 5.32 Å². The first-order valence-electron chi connectivity index (χ1n) is 9.20. The monoisotopic (exact) mass is 379 g/mol. The van der Waals surface area contributed by atoms with E-state index in [0.29, 0.717) is 0 Å². The van der Waals surface area contributed by atoms with Gasteiger partial charge in [0.15, 0.2) is 5.78 Å². The number of amides is 1. The van der Waals surface area contributed by atoms with E-state index in [0.717, 1.165) is 30.6 Å². The molecule has 5 nitrogen and oxygen atoms in total. The Morgan fingerprint density at radius 3 is 2.35 bits per heavy atom. The lowest BCUT2D eigenvalue weighted by Crippen LogP contribution is -2.56. The van der Waals surface area contributed by atoms with Crippen LogP contribution in [0.2, 0.25) is 0 Å². The Morgan fingerprint density at radius 2 is 1.88 bits per heavy atom. The predicted molar refractivity (Wildman–Crippen MR) is 102 cm³/mol. The van der Waals surface area contributed by atoms with Crippen LogP contribution in [0.15, 0.2) is 17.5 Å². The predicted octanol–water partition coefficient (Wildman–Crippen LogP) is 3.63. The second-order valence-electron chi connectivity index (χ2n) is 8.24. The maximum absolute atomic E-state index is 13.8. The number of carbonyl (C=O) groups excluding carboxylic acids is 2. The number of carboxylic acids is 1. The summed E-state index contributed by atoms with van der Waals surface area (Å²) in [6, 6.07) is 3.87. The molecule has 0 aliphatic heterocycles. The Labute approximate surface area is 159 Å². The second-order valence-corrected chi connectivity index (χ2v) is 9.19. The topological polar surface area (TPSA) is 83.5 Å². The van der Waals surface area contributed by atoms with Gasteiger partial charge in [-0.05, 0) is 30.2 Å². The largest absolute Gasteiger partial charge is 0.480 e. The van der Waals surface area contributed by atoms with Crippen molar-refractivity contribution in [1.82, 2.24) is 5.32 Å². The lowest BCUT2D eigenvalue weighted by atomic mass is 9.57. The van der Waals surface area contributed by atoms with Gasteiger partial charge >= 0.3 is 5.97 Å². The van der Waals surface area contributed by atoms with Gasteiger partial charge in [0.1, 0.15) is 6.54 Å². The fourth-order valence-corrected chi connectivity index (χ4v) is 5.39. The van der Waals surface area contributed by atoms with Crippen molar-refractivity contribution in [2.24, 2.45) is 17.3 Å². The van der Waals surface area contributed by atoms with E-state index in [1.54, 1.807) is 6.92 Å². The van der Waals surface area contributed by atoms with Crippen molar-refractivity contribution in [2.75, 3.05) is 6.54 Å². The Morgan fingerprint density at radius 1 is 1.27 bits per heavy atom. The number of aliphatic carboxylic acids is 1. The summed E-state index contributed by atoms with van der Waals surface area (Å²) in [6.07, 6.45) is 3.93. The van der Waals surface area contributed by atoms with Crippen molar-refractivity contribution in [1.29, 1.82) is 0 Å². The van der Waals surface area contributed by atoms with Crippen molar-refractivity contribution in [3.05, 3.63) is 22.4 Å². The Kier molecular flexibility index (Phi) is 6.27. The van der Waals surface area contributed by atoms with Crippen LogP contribution in [0.25, 0.3) is 0 Å². The van der Waals surface area contributed by atoms with Gasteiger partial charge in [-0.25, -0.2) is 0 Å². The molecule has 1 heterocycles. The lowest BCUT2D eigenvalue weighted by molar-refractivity contribution is -0.144. The smallest absolute Gasteiger partial charge is 0.322 e. The molecule has 1 aromatic rings. The maximum Gasteiger partial charge on any atom is 0.322 e. The molecule has 0 aromatic carbocycles. The normalized spacial score (nSPS) is 18.9. The SMILES string of the molecule is CC(C(=O)NCC(=O)O)C(C(=O)C(C)(C)C)(c1cccs1)C1CCCC1. The molecular formula is C20H29NO4S. The number of carbonyl (C=O) groups is 3. The van der Waals surface area contributed by atoms with E-state index < -0.39 is 29.3 Å². The van der Waals surface area contributed by atoms with Gasteiger partial charge in [0, 0.05) is 10.3 Å². The molecule has 0 saturated heterocycles. The number of hydrogen-bond donors (Lipinski definition) is 2. The molecular weight excluding hydrogens is 350 g/mol. The minimum absolute atomic E-state index is 0.0670. The molecule has 2 rings (SSSR count). The standard InChI is InChI=1S/C20H29NO4S/c1-13(17(24)21-12-16(22)23)20(14-8-5-6-9-14,15-10-7-11-26-15)18(25)19(2,3)4/h7,10-11,13-14H,5-6,8-9,12H2,1-4H3,(H,21,24)(H,22,23). The molecule has 2 unspecified atom stereocenters. The first-order valence-corrected chi connectivity index (χ1v) is 10.1. The van der Waals surface area contributed by atoms with E-state index in [-0.39, 0.29) is 17.6 Å². The van der Waals surface area contributed by atoms with Gasteiger partial charge in [0.2, 0.25) is 5.91 Å². The molecule has 144 valence electrons. The zero-order valence-corrected chi connectivity index (χ0v) is 16.8. The number of rotatable bonds is 7. The van der Waals surface area contributed by atoms with Crippen LogP contribution in [0, 0.1) is 17.3 Å². The Hall–Kier alpha value is -1.69. The van der Waals surface area contributed by atoms with Gasteiger partial charge in [0.05, 0.1) is 11.3 Å². The molecule has 1 aliphatic carbocycles. The van der Waals surface area contributed by atoms with Gasteiger partial charge in [0.25, 0.3) is 0 Å². The van der Waals surface area contributed by atoms with Crippen molar-refractivity contribution < 1.29 is 19.5 Å². The van der Waals surface area contributed by atoms with Crippen molar-refractivity contribution in [2.45, 2.75) is 58.8 Å². The first kappa shape index (κ1) is 20.6. The minimum atomic E-state index is -1.09. The van der Waals surface area contributed by atoms with Crippen molar-refractivity contribution in [3.63, 3.8) is 0 Å². The number of carboxylic acid groups (broad SMARTS) is 1. The number of nitrogens with one attached hydrogen (secondary N) is 1. The average molecular weight is 380 g/mol. The third-order valence-corrected chi connectivity index (χ3v) is 6.50. The van der Waals surface area contributed by atoms with Crippen LogP contribution >= 0.6 is 11.3 Å². The molecule has 1 fully saturated rings. The summed E-state index contributed by atoms with van der Waals surface area (Å²) in [5.41, 5.74) is -1.51. The Bertz CT molecular complexity index is 656. The summed E-state index contributed by atoms with van der Waals surface area (Å²) in [6.45, 7) is 7.04. The summed E-state index contributed by atoms with van der Waals surface area (Å²) in [5.74, 6) is -1.92. The average Bonchev–Trinajstić information content (AvgIpc) is 3.26. The number of Topliss-reactive ketones (excluding diaryl/α,β-unsaturated/α-hetero) is 1. The summed E-state index contributed by atoms with van der Waals surface area (Å²) in [4.78, 5) is 38.4. The quantitative estimate of drug-likeness (QED) is 0.758.